The fraction of sp³-hybridized carbons (Fsp3) is 0.286. The molecule has 3 aromatic carbocycles. The van der Waals surface area contributed by atoms with Gasteiger partial charge in [-0.05, 0) is 61.4 Å². The molecule has 11 heteroatoms. The van der Waals surface area contributed by atoms with E-state index in [1.807, 2.05) is 30.3 Å². The van der Waals surface area contributed by atoms with Gasteiger partial charge in [0.2, 0.25) is 21.8 Å². The number of rotatable bonds is 12. The van der Waals surface area contributed by atoms with Gasteiger partial charge in [-0.15, -0.1) is 0 Å². The molecular weight excluding hydrogens is 561 g/mol. The van der Waals surface area contributed by atoms with Crippen LogP contribution in [0, 0.1) is 0 Å². The molecule has 0 aliphatic carbocycles. The molecule has 3 aromatic rings. The minimum absolute atomic E-state index is 0.0257. The van der Waals surface area contributed by atoms with Crippen LogP contribution in [0.3, 0.4) is 0 Å². The molecule has 208 valence electrons. The molecule has 39 heavy (non-hydrogen) atoms. The highest BCUT2D eigenvalue weighted by atomic mass is 35.5. The number of ether oxygens (including phenoxy) is 1. The summed E-state index contributed by atoms with van der Waals surface area (Å²) in [6.45, 7) is 3.62. The van der Waals surface area contributed by atoms with E-state index in [-0.39, 0.29) is 18.1 Å². The van der Waals surface area contributed by atoms with Crippen molar-refractivity contribution in [3.8, 4) is 5.75 Å². The van der Waals surface area contributed by atoms with Crippen LogP contribution in [0.15, 0.2) is 72.8 Å². The van der Waals surface area contributed by atoms with E-state index in [9.17, 15) is 18.0 Å². The Hall–Kier alpha value is -3.27. The minimum Gasteiger partial charge on any atom is -0.489 e. The molecule has 0 heterocycles. The van der Waals surface area contributed by atoms with Crippen LogP contribution in [-0.4, -0.2) is 50.5 Å². The van der Waals surface area contributed by atoms with Crippen molar-refractivity contribution in [2.75, 3.05) is 23.7 Å². The molecule has 1 unspecified atom stereocenters. The van der Waals surface area contributed by atoms with E-state index in [0.29, 0.717) is 34.5 Å². The average molecular weight is 593 g/mol. The van der Waals surface area contributed by atoms with Gasteiger partial charge in [0.15, 0.2) is 0 Å². The number of carbonyl (C=O) groups excluding carboxylic acids is 2. The fourth-order valence-corrected chi connectivity index (χ4v) is 4.97. The Balaban J connectivity index is 1.82. The number of sulfonamides is 1. The molecule has 2 amide bonds. The van der Waals surface area contributed by atoms with Crippen molar-refractivity contribution in [1.29, 1.82) is 0 Å². The van der Waals surface area contributed by atoms with Gasteiger partial charge in [-0.3, -0.25) is 13.9 Å². The lowest BCUT2D eigenvalue weighted by molar-refractivity contribution is -0.139. The molecule has 0 radical (unpaired) electrons. The Morgan fingerprint density at radius 1 is 0.949 bits per heavy atom. The van der Waals surface area contributed by atoms with Crippen LogP contribution in [-0.2, 0) is 32.8 Å². The monoisotopic (exact) mass is 591 g/mol. The van der Waals surface area contributed by atoms with Crippen molar-refractivity contribution < 1.29 is 22.7 Å². The summed E-state index contributed by atoms with van der Waals surface area (Å²) in [5.74, 6) is -0.375. The first kappa shape index (κ1) is 30.3. The number of nitrogens with zero attached hydrogens (tertiary/aromatic N) is 2. The maximum atomic E-state index is 13.6. The minimum atomic E-state index is -3.85. The largest absolute Gasteiger partial charge is 0.489 e. The van der Waals surface area contributed by atoms with Crippen molar-refractivity contribution >= 4 is 50.7 Å². The highest BCUT2D eigenvalue weighted by Gasteiger charge is 2.30. The van der Waals surface area contributed by atoms with E-state index in [2.05, 4.69) is 5.32 Å². The number of carbonyl (C=O) groups is 2. The average Bonchev–Trinajstić information content (AvgIpc) is 2.91. The van der Waals surface area contributed by atoms with Crippen LogP contribution in [0.25, 0.3) is 0 Å². The second-order valence-corrected chi connectivity index (χ2v) is 11.6. The van der Waals surface area contributed by atoms with Crippen molar-refractivity contribution in [3.05, 3.63) is 94.0 Å². The first-order chi connectivity index (χ1) is 18.5. The summed E-state index contributed by atoms with van der Waals surface area (Å²) in [7, 11) is -3.85. The Kier molecular flexibility index (Phi) is 10.6. The van der Waals surface area contributed by atoms with Crippen LogP contribution in [0.5, 0.6) is 5.75 Å². The number of halogens is 2. The number of likely N-dealkylation sites (N-methyl/N-ethyl adjacent to an activating group) is 1. The van der Waals surface area contributed by atoms with Gasteiger partial charge in [-0.25, -0.2) is 8.42 Å². The van der Waals surface area contributed by atoms with Gasteiger partial charge in [-0.1, -0.05) is 59.6 Å². The number of hydrogen-bond acceptors (Lipinski definition) is 5. The maximum Gasteiger partial charge on any atom is 0.244 e. The van der Waals surface area contributed by atoms with Crippen molar-refractivity contribution in [1.82, 2.24) is 10.2 Å². The SMILES string of the molecule is CCNC(=O)C(C)N(Cc1ccc(Cl)c(Cl)c1)C(=O)CN(c1ccc(OCc2ccccc2)cc1)S(C)(=O)=O. The number of nitrogens with one attached hydrogen (secondary N) is 1. The summed E-state index contributed by atoms with van der Waals surface area (Å²) in [5, 5.41) is 3.37. The first-order valence-corrected chi connectivity index (χ1v) is 14.9. The van der Waals surface area contributed by atoms with Gasteiger partial charge >= 0.3 is 0 Å². The molecule has 0 spiro atoms. The second kappa shape index (κ2) is 13.7. The number of amides is 2. The van der Waals surface area contributed by atoms with Gasteiger partial charge in [-0.2, -0.15) is 0 Å². The Morgan fingerprint density at radius 3 is 2.21 bits per heavy atom. The summed E-state index contributed by atoms with van der Waals surface area (Å²) < 4.78 is 32.3. The Labute approximate surface area is 239 Å². The number of benzene rings is 3. The molecule has 1 N–H and O–H groups in total. The lowest BCUT2D eigenvalue weighted by Crippen LogP contribution is -2.51. The zero-order valence-electron chi connectivity index (χ0n) is 21.9. The van der Waals surface area contributed by atoms with Gasteiger partial charge < -0.3 is 15.0 Å². The lowest BCUT2D eigenvalue weighted by atomic mass is 10.1. The van der Waals surface area contributed by atoms with E-state index < -0.39 is 28.5 Å². The topological polar surface area (TPSA) is 96.0 Å². The highest BCUT2D eigenvalue weighted by molar-refractivity contribution is 7.92. The van der Waals surface area contributed by atoms with Crippen LogP contribution >= 0.6 is 23.2 Å². The van der Waals surface area contributed by atoms with Crippen LogP contribution < -0.4 is 14.4 Å². The van der Waals surface area contributed by atoms with E-state index in [1.165, 1.54) is 4.90 Å². The third-order valence-electron chi connectivity index (χ3n) is 5.91. The van der Waals surface area contributed by atoms with Crippen LogP contribution in [0.4, 0.5) is 5.69 Å². The van der Waals surface area contributed by atoms with Crippen LogP contribution in [0.1, 0.15) is 25.0 Å². The highest BCUT2D eigenvalue weighted by Crippen LogP contribution is 2.25. The quantitative estimate of drug-likeness (QED) is 0.323. The Morgan fingerprint density at radius 2 is 1.62 bits per heavy atom. The fourth-order valence-electron chi connectivity index (χ4n) is 3.80. The molecule has 0 fully saturated rings. The molecule has 1 atom stereocenters. The number of hydrogen-bond donors (Lipinski definition) is 1. The van der Waals surface area contributed by atoms with Crippen molar-refractivity contribution in [3.63, 3.8) is 0 Å². The van der Waals surface area contributed by atoms with E-state index in [4.69, 9.17) is 27.9 Å². The summed E-state index contributed by atoms with van der Waals surface area (Å²) in [6.07, 6.45) is 1.02. The lowest BCUT2D eigenvalue weighted by Gasteiger charge is -2.31. The van der Waals surface area contributed by atoms with Gasteiger partial charge in [0, 0.05) is 13.1 Å². The van der Waals surface area contributed by atoms with E-state index in [1.54, 1.807) is 56.3 Å². The van der Waals surface area contributed by atoms with Crippen molar-refractivity contribution in [2.24, 2.45) is 0 Å². The van der Waals surface area contributed by atoms with Crippen molar-refractivity contribution in [2.45, 2.75) is 33.0 Å². The third-order valence-corrected chi connectivity index (χ3v) is 7.79. The summed E-state index contributed by atoms with van der Waals surface area (Å²) >= 11 is 12.2. The van der Waals surface area contributed by atoms with Crippen LogP contribution in [0.2, 0.25) is 10.0 Å². The number of anilines is 1. The van der Waals surface area contributed by atoms with Gasteiger partial charge in [0.25, 0.3) is 0 Å². The van der Waals surface area contributed by atoms with E-state index in [0.717, 1.165) is 16.1 Å². The predicted molar refractivity (Wildman–Crippen MR) is 155 cm³/mol. The zero-order chi connectivity index (χ0) is 28.6. The summed E-state index contributed by atoms with van der Waals surface area (Å²) in [4.78, 5) is 27.5. The molecule has 0 aromatic heterocycles. The molecule has 0 aliphatic heterocycles. The molecule has 0 saturated heterocycles. The second-order valence-electron chi connectivity index (χ2n) is 8.88. The van der Waals surface area contributed by atoms with E-state index >= 15 is 0 Å². The standard InChI is InChI=1S/C28H31Cl2N3O5S/c1-4-31-28(35)20(2)32(17-22-10-15-25(29)26(30)16-22)27(34)18-33(39(3,36)37)23-11-13-24(14-12-23)38-19-21-8-6-5-7-9-21/h5-16,20H,4,17-19H2,1-3H3,(H,31,35). The smallest absolute Gasteiger partial charge is 0.244 e. The Bertz CT molecular complexity index is 1390. The molecule has 3 rings (SSSR count). The first-order valence-electron chi connectivity index (χ1n) is 12.2. The molecule has 0 bridgehead atoms. The molecular formula is C28H31Cl2N3O5S. The summed E-state index contributed by atoms with van der Waals surface area (Å²) in [5.41, 5.74) is 1.92. The maximum absolute atomic E-state index is 13.6. The van der Waals surface area contributed by atoms with Gasteiger partial charge in [0.1, 0.15) is 24.9 Å². The van der Waals surface area contributed by atoms with Gasteiger partial charge in [0.05, 0.1) is 22.0 Å². The predicted octanol–water partition coefficient (Wildman–Crippen LogP) is 4.89. The molecule has 0 saturated carbocycles. The summed E-state index contributed by atoms with van der Waals surface area (Å²) in [6, 6.07) is 20.1. The normalized spacial score (nSPS) is 11.9. The zero-order valence-corrected chi connectivity index (χ0v) is 24.3. The third kappa shape index (κ3) is 8.61. The molecule has 0 aliphatic rings. The molecule has 8 nitrogen and oxygen atoms in total.